The Kier molecular flexibility index (Phi) is 5.36. The van der Waals surface area contributed by atoms with Gasteiger partial charge >= 0.3 is 0 Å². The van der Waals surface area contributed by atoms with Gasteiger partial charge < -0.3 is 10.4 Å². The smallest absolute Gasteiger partial charge is 0.101 e. The predicted octanol–water partition coefficient (Wildman–Crippen LogP) is 3.93. The molecular formula is C20H19ClN4O. The Morgan fingerprint density at radius 2 is 1.92 bits per heavy atom. The number of aliphatic hydroxyl groups excluding tert-OH is 1. The predicted molar refractivity (Wildman–Crippen MR) is 105 cm³/mol. The molecule has 0 radical (unpaired) electrons. The zero-order chi connectivity index (χ0) is 18.7. The molecule has 2 aromatic rings. The lowest BCUT2D eigenvalue weighted by Gasteiger charge is -2.24. The second-order valence-electron chi connectivity index (χ2n) is 6.25. The first-order valence-corrected chi connectivity index (χ1v) is 8.71. The summed E-state index contributed by atoms with van der Waals surface area (Å²) < 4.78 is 0. The van der Waals surface area contributed by atoms with Gasteiger partial charge in [-0.1, -0.05) is 41.9 Å². The molecule has 1 aliphatic heterocycles. The second kappa shape index (κ2) is 7.69. The van der Waals surface area contributed by atoms with Gasteiger partial charge in [0.05, 0.1) is 34.2 Å². The van der Waals surface area contributed by atoms with Gasteiger partial charge in [-0.25, -0.2) is 0 Å². The molecule has 0 spiro atoms. The van der Waals surface area contributed by atoms with Crippen molar-refractivity contribution in [2.24, 2.45) is 10.2 Å². The van der Waals surface area contributed by atoms with Crippen LogP contribution in [-0.2, 0) is 0 Å². The highest BCUT2D eigenvalue weighted by atomic mass is 35.5. The lowest BCUT2D eigenvalue weighted by atomic mass is 9.98. The van der Waals surface area contributed by atoms with Crippen molar-refractivity contribution in [1.82, 2.24) is 0 Å². The maximum atomic E-state index is 10.3. The van der Waals surface area contributed by atoms with E-state index in [1.165, 1.54) is 0 Å². The molecule has 3 rings (SSSR count). The Morgan fingerprint density at radius 3 is 2.58 bits per heavy atom. The Morgan fingerprint density at radius 1 is 1.19 bits per heavy atom. The van der Waals surface area contributed by atoms with E-state index >= 15 is 0 Å². The number of nitrogens with one attached hydrogen (secondary N) is 1. The molecule has 132 valence electrons. The number of nitriles is 1. The Hall–Kier alpha value is -2.68. The monoisotopic (exact) mass is 366 g/mol. The molecule has 0 saturated heterocycles. The summed E-state index contributed by atoms with van der Waals surface area (Å²) in [5.74, 6) is 0. The maximum absolute atomic E-state index is 10.3. The summed E-state index contributed by atoms with van der Waals surface area (Å²) in [6.07, 6.45) is -0.108. The van der Waals surface area contributed by atoms with Gasteiger partial charge in [0.1, 0.15) is 6.07 Å². The number of anilines is 1. The summed E-state index contributed by atoms with van der Waals surface area (Å²) >= 11 is 6.25. The van der Waals surface area contributed by atoms with Crippen molar-refractivity contribution in [3.63, 3.8) is 0 Å². The minimum Gasteiger partial charge on any atom is -0.391 e. The Balaban J connectivity index is 1.80. The molecule has 0 bridgehead atoms. The van der Waals surface area contributed by atoms with Crippen LogP contribution in [0.2, 0.25) is 5.02 Å². The third-order valence-electron chi connectivity index (χ3n) is 4.41. The zero-order valence-corrected chi connectivity index (χ0v) is 15.3. The molecule has 2 N–H and O–H groups in total. The molecule has 0 unspecified atom stereocenters. The van der Waals surface area contributed by atoms with E-state index in [2.05, 4.69) is 21.6 Å². The molecule has 0 aromatic heterocycles. The lowest BCUT2D eigenvalue weighted by molar-refractivity contribution is 0.192. The van der Waals surface area contributed by atoms with Crippen LogP contribution in [0.25, 0.3) is 0 Å². The first kappa shape index (κ1) is 18.1. The lowest BCUT2D eigenvalue weighted by Crippen LogP contribution is -2.39. The molecule has 2 atom stereocenters. The molecule has 0 amide bonds. The molecule has 0 fully saturated rings. The summed E-state index contributed by atoms with van der Waals surface area (Å²) in [6, 6.07) is 15.0. The van der Waals surface area contributed by atoms with Gasteiger partial charge in [-0.2, -0.15) is 15.5 Å². The van der Waals surface area contributed by atoms with Crippen LogP contribution < -0.4 is 5.32 Å². The molecule has 0 saturated carbocycles. The van der Waals surface area contributed by atoms with Crippen LogP contribution in [0.1, 0.15) is 30.0 Å². The quantitative estimate of drug-likeness (QED) is 0.841. The fourth-order valence-corrected chi connectivity index (χ4v) is 3.11. The summed E-state index contributed by atoms with van der Waals surface area (Å²) in [5, 5.41) is 31.7. The van der Waals surface area contributed by atoms with E-state index in [4.69, 9.17) is 16.9 Å². The third kappa shape index (κ3) is 3.62. The SMILES string of the molecule is Cc1c(N[C@@H](C2=NN=C(c3ccccc3)C2)[C@H](C)O)ccc(C#N)c1Cl. The van der Waals surface area contributed by atoms with E-state index in [-0.39, 0.29) is 0 Å². The average Bonchev–Trinajstić information content (AvgIpc) is 3.13. The molecule has 1 heterocycles. The largest absolute Gasteiger partial charge is 0.391 e. The number of benzene rings is 2. The van der Waals surface area contributed by atoms with Gasteiger partial charge in [0, 0.05) is 12.1 Å². The molecule has 6 heteroatoms. The van der Waals surface area contributed by atoms with Crippen molar-refractivity contribution in [3.05, 3.63) is 64.2 Å². The summed E-state index contributed by atoms with van der Waals surface area (Å²) in [4.78, 5) is 0. The molecule has 1 aliphatic rings. The van der Waals surface area contributed by atoms with Crippen molar-refractivity contribution in [3.8, 4) is 6.07 Å². The van der Waals surface area contributed by atoms with Crippen molar-refractivity contribution >= 4 is 28.7 Å². The van der Waals surface area contributed by atoms with Crippen molar-refractivity contribution in [2.75, 3.05) is 5.32 Å². The minimum absolute atomic E-state index is 0.400. The Labute approximate surface area is 157 Å². The highest BCUT2D eigenvalue weighted by Gasteiger charge is 2.27. The molecule has 0 aliphatic carbocycles. The summed E-state index contributed by atoms with van der Waals surface area (Å²) in [5.41, 5.74) is 4.61. The first-order chi connectivity index (χ1) is 12.5. The van der Waals surface area contributed by atoms with Crippen LogP contribution in [-0.4, -0.2) is 28.7 Å². The van der Waals surface area contributed by atoms with Gasteiger partial charge in [-0.05, 0) is 37.1 Å². The molecular weight excluding hydrogens is 348 g/mol. The topological polar surface area (TPSA) is 80.8 Å². The number of aliphatic hydroxyl groups is 1. The van der Waals surface area contributed by atoms with Gasteiger partial charge in [-0.3, -0.25) is 0 Å². The van der Waals surface area contributed by atoms with E-state index in [0.717, 1.165) is 28.2 Å². The van der Waals surface area contributed by atoms with Crippen molar-refractivity contribution < 1.29 is 5.11 Å². The standard InChI is InChI=1S/C20H19ClN4O/c1-12-16(9-8-15(11-22)19(12)21)23-20(13(2)26)18-10-17(24-25-18)14-6-4-3-5-7-14/h3-9,13,20,23,26H,10H2,1-2H3/t13-,20+/m0/s1. The highest BCUT2D eigenvalue weighted by Crippen LogP contribution is 2.28. The number of nitrogens with zero attached hydrogens (tertiary/aromatic N) is 3. The van der Waals surface area contributed by atoms with Gasteiger partial charge in [0.2, 0.25) is 0 Å². The average molecular weight is 367 g/mol. The number of rotatable bonds is 5. The van der Waals surface area contributed by atoms with E-state index in [1.54, 1.807) is 19.1 Å². The van der Waals surface area contributed by atoms with Gasteiger partial charge in [0.15, 0.2) is 0 Å². The fraction of sp³-hybridized carbons (Fsp3) is 0.250. The number of hydrogen-bond acceptors (Lipinski definition) is 5. The van der Waals surface area contributed by atoms with E-state index < -0.39 is 12.1 Å². The van der Waals surface area contributed by atoms with E-state index in [0.29, 0.717) is 17.0 Å². The highest BCUT2D eigenvalue weighted by molar-refractivity contribution is 6.32. The third-order valence-corrected chi connectivity index (χ3v) is 4.90. The molecule has 2 aromatic carbocycles. The summed E-state index contributed by atoms with van der Waals surface area (Å²) in [7, 11) is 0. The minimum atomic E-state index is -0.673. The summed E-state index contributed by atoms with van der Waals surface area (Å²) in [6.45, 7) is 3.55. The van der Waals surface area contributed by atoms with Crippen LogP contribution in [0.3, 0.4) is 0 Å². The van der Waals surface area contributed by atoms with Crippen molar-refractivity contribution in [2.45, 2.75) is 32.4 Å². The van der Waals surface area contributed by atoms with Crippen LogP contribution in [0.4, 0.5) is 5.69 Å². The van der Waals surface area contributed by atoms with E-state index in [1.807, 2.05) is 37.3 Å². The molecule has 26 heavy (non-hydrogen) atoms. The van der Waals surface area contributed by atoms with Crippen LogP contribution >= 0.6 is 11.6 Å². The normalized spacial score (nSPS) is 15.7. The fourth-order valence-electron chi connectivity index (χ4n) is 2.91. The first-order valence-electron chi connectivity index (χ1n) is 8.33. The van der Waals surface area contributed by atoms with Crippen LogP contribution in [0.5, 0.6) is 0 Å². The van der Waals surface area contributed by atoms with Crippen LogP contribution in [0, 0.1) is 18.3 Å². The Bertz CT molecular complexity index is 913. The zero-order valence-electron chi connectivity index (χ0n) is 14.6. The van der Waals surface area contributed by atoms with Crippen LogP contribution in [0.15, 0.2) is 52.7 Å². The van der Waals surface area contributed by atoms with Crippen molar-refractivity contribution in [1.29, 1.82) is 5.26 Å². The molecule has 5 nitrogen and oxygen atoms in total. The van der Waals surface area contributed by atoms with E-state index in [9.17, 15) is 5.11 Å². The van der Waals surface area contributed by atoms with Gasteiger partial charge in [0.25, 0.3) is 0 Å². The number of hydrogen-bond donors (Lipinski definition) is 2. The van der Waals surface area contributed by atoms with Gasteiger partial charge in [-0.15, -0.1) is 0 Å². The maximum Gasteiger partial charge on any atom is 0.101 e. The number of halogens is 1. The second-order valence-corrected chi connectivity index (χ2v) is 6.63.